The molecule has 1 aromatic heterocycles. The van der Waals surface area contributed by atoms with Gasteiger partial charge in [0.25, 0.3) is 0 Å². The number of ether oxygens (including phenoxy) is 1. The molecule has 0 atom stereocenters. The Kier molecular flexibility index (Phi) is 3.62. The van der Waals surface area contributed by atoms with Crippen LogP contribution in [0.4, 0.5) is 5.95 Å². The molecule has 0 spiro atoms. The fourth-order valence-electron chi connectivity index (χ4n) is 1.34. The predicted octanol–water partition coefficient (Wildman–Crippen LogP) is 2.69. The van der Waals surface area contributed by atoms with Crippen LogP contribution in [0.2, 0.25) is 5.28 Å². The Labute approximate surface area is 110 Å². The minimum Gasteiger partial charge on any atom is -0.424 e. The minimum absolute atomic E-state index is 0.109. The van der Waals surface area contributed by atoms with E-state index in [-0.39, 0.29) is 11.3 Å². The fraction of sp³-hybridized carbons (Fsp3) is 0.250. The highest BCUT2D eigenvalue weighted by Crippen LogP contribution is 2.23. The maximum absolute atomic E-state index is 5.83. The first-order valence-corrected chi connectivity index (χ1v) is 5.76. The van der Waals surface area contributed by atoms with Crippen molar-refractivity contribution >= 4 is 17.5 Å². The van der Waals surface area contributed by atoms with Crippen molar-refractivity contribution in [1.82, 2.24) is 15.0 Å². The van der Waals surface area contributed by atoms with Gasteiger partial charge in [0.2, 0.25) is 11.2 Å². The Bertz CT molecular complexity index is 560. The minimum atomic E-state index is 0.109. The second-order valence-corrected chi connectivity index (χ2v) is 4.29. The van der Waals surface area contributed by atoms with Crippen molar-refractivity contribution in [2.24, 2.45) is 0 Å². The van der Waals surface area contributed by atoms with Crippen molar-refractivity contribution in [3.63, 3.8) is 0 Å². The van der Waals surface area contributed by atoms with E-state index in [4.69, 9.17) is 16.3 Å². The average molecular weight is 265 g/mol. The number of rotatable bonds is 3. The second-order valence-electron chi connectivity index (χ2n) is 3.95. The van der Waals surface area contributed by atoms with Crippen LogP contribution in [0.1, 0.15) is 5.56 Å². The van der Waals surface area contributed by atoms with Crippen molar-refractivity contribution in [1.29, 1.82) is 0 Å². The molecule has 0 amide bonds. The first-order valence-electron chi connectivity index (χ1n) is 5.38. The standard InChI is InChI=1S/C12H13ClN4O/c1-8-6-4-5-7-9(8)18-12-15-10(13)14-11(16-12)17(2)3/h4-7H,1-3H3. The zero-order valence-corrected chi connectivity index (χ0v) is 11.1. The third-order valence-electron chi connectivity index (χ3n) is 2.27. The zero-order chi connectivity index (χ0) is 13.1. The van der Waals surface area contributed by atoms with E-state index in [1.807, 2.05) is 45.3 Å². The molecule has 0 aliphatic heterocycles. The molecule has 0 N–H and O–H groups in total. The molecular formula is C12H13ClN4O. The summed E-state index contributed by atoms with van der Waals surface area (Å²) in [6, 6.07) is 7.81. The lowest BCUT2D eigenvalue weighted by atomic mass is 10.2. The molecule has 0 saturated carbocycles. The Morgan fingerprint density at radius 2 is 1.83 bits per heavy atom. The Hall–Kier alpha value is -1.88. The summed E-state index contributed by atoms with van der Waals surface area (Å²) in [5.74, 6) is 1.16. The van der Waals surface area contributed by atoms with Crippen molar-refractivity contribution < 1.29 is 4.74 Å². The van der Waals surface area contributed by atoms with Gasteiger partial charge in [-0.25, -0.2) is 0 Å². The Morgan fingerprint density at radius 3 is 2.50 bits per heavy atom. The van der Waals surface area contributed by atoms with Crippen LogP contribution in [0.3, 0.4) is 0 Å². The maximum Gasteiger partial charge on any atom is 0.328 e. The number of hydrogen-bond donors (Lipinski definition) is 0. The lowest BCUT2D eigenvalue weighted by Crippen LogP contribution is -2.13. The van der Waals surface area contributed by atoms with Crippen LogP contribution in [-0.2, 0) is 0 Å². The van der Waals surface area contributed by atoms with Gasteiger partial charge < -0.3 is 9.64 Å². The number of aryl methyl sites for hydroxylation is 1. The third-order valence-corrected chi connectivity index (χ3v) is 2.44. The summed E-state index contributed by atoms with van der Waals surface area (Å²) in [6.07, 6.45) is 0. The number of aromatic nitrogens is 3. The molecule has 0 saturated heterocycles. The molecule has 0 aliphatic rings. The molecule has 0 bridgehead atoms. The van der Waals surface area contributed by atoms with E-state index in [1.54, 1.807) is 4.90 Å². The summed E-state index contributed by atoms with van der Waals surface area (Å²) in [7, 11) is 3.65. The van der Waals surface area contributed by atoms with E-state index in [0.29, 0.717) is 11.7 Å². The summed E-state index contributed by atoms with van der Waals surface area (Å²) in [5, 5.41) is 0.109. The van der Waals surface area contributed by atoms with E-state index < -0.39 is 0 Å². The highest BCUT2D eigenvalue weighted by atomic mass is 35.5. The monoisotopic (exact) mass is 264 g/mol. The topological polar surface area (TPSA) is 51.1 Å². The highest BCUT2D eigenvalue weighted by molar-refractivity contribution is 6.28. The molecule has 5 nitrogen and oxygen atoms in total. The summed E-state index contributed by atoms with van der Waals surface area (Å²) in [5.41, 5.74) is 1.00. The van der Waals surface area contributed by atoms with Gasteiger partial charge in [0.1, 0.15) is 5.75 Å². The molecule has 0 aliphatic carbocycles. The van der Waals surface area contributed by atoms with Crippen LogP contribution in [0, 0.1) is 6.92 Å². The smallest absolute Gasteiger partial charge is 0.328 e. The van der Waals surface area contributed by atoms with Crippen LogP contribution in [0.15, 0.2) is 24.3 Å². The Morgan fingerprint density at radius 1 is 1.11 bits per heavy atom. The normalized spacial score (nSPS) is 10.2. The van der Waals surface area contributed by atoms with Crippen LogP contribution >= 0.6 is 11.6 Å². The van der Waals surface area contributed by atoms with Crippen molar-refractivity contribution in [2.75, 3.05) is 19.0 Å². The molecule has 6 heteroatoms. The van der Waals surface area contributed by atoms with Gasteiger partial charge in [-0.3, -0.25) is 0 Å². The van der Waals surface area contributed by atoms with E-state index in [2.05, 4.69) is 15.0 Å². The van der Waals surface area contributed by atoms with Crippen LogP contribution in [-0.4, -0.2) is 29.0 Å². The van der Waals surface area contributed by atoms with Gasteiger partial charge in [-0.1, -0.05) is 18.2 Å². The molecule has 1 aromatic carbocycles. The predicted molar refractivity (Wildman–Crippen MR) is 70.4 cm³/mol. The molecule has 94 valence electrons. The number of nitrogens with zero attached hydrogens (tertiary/aromatic N) is 4. The number of halogens is 1. The summed E-state index contributed by atoms with van der Waals surface area (Å²) >= 11 is 5.83. The SMILES string of the molecule is Cc1ccccc1Oc1nc(Cl)nc(N(C)C)n1. The summed E-state index contributed by atoms with van der Waals surface area (Å²) in [4.78, 5) is 13.8. The van der Waals surface area contributed by atoms with E-state index in [1.165, 1.54) is 0 Å². The van der Waals surface area contributed by atoms with Crippen LogP contribution < -0.4 is 9.64 Å². The van der Waals surface area contributed by atoms with Gasteiger partial charge in [-0.05, 0) is 30.2 Å². The third kappa shape index (κ3) is 2.87. The molecule has 1 heterocycles. The van der Waals surface area contributed by atoms with Gasteiger partial charge >= 0.3 is 6.01 Å². The van der Waals surface area contributed by atoms with Crippen LogP contribution in [0.25, 0.3) is 0 Å². The Balaban J connectivity index is 2.32. The zero-order valence-electron chi connectivity index (χ0n) is 10.4. The first kappa shape index (κ1) is 12.6. The van der Waals surface area contributed by atoms with Crippen molar-refractivity contribution in [3.8, 4) is 11.8 Å². The van der Waals surface area contributed by atoms with Crippen molar-refractivity contribution in [2.45, 2.75) is 6.92 Å². The van der Waals surface area contributed by atoms with Gasteiger partial charge in [0, 0.05) is 14.1 Å². The number of hydrogen-bond acceptors (Lipinski definition) is 5. The fourth-order valence-corrected chi connectivity index (χ4v) is 1.48. The number of anilines is 1. The van der Waals surface area contributed by atoms with Gasteiger partial charge in [0.15, 0.2) is 0 Å². The summed E-state index contributed by atoms with van der Waals surface area (Å²) < 4.78 is 5.61. The lowest BCUT2D eigenvalue weighted by molar-refractivity contribution is 0.436. The van der Waals surface area contributed by atoms with Crippen molar-refractivity contribution in [3.05, 3.63) is 35.1 Å². The number of para-hydroxylation sites is 1. The maximum atomic E-state index is 5.83. The molecule has 0 fully saturated rings. The van der Waals surface area contributed by atoms with Crippen LogP contribution in [0.5, 0.6) is 11.8 Å². The molecular weight excluding hydrogens is 252 g/mol. The van der Waals surface area contributed by atoms with E-state index in [9.17, 15) is 0 Å². The van der Waals surface area contributed by atoms with Gasteiger partial charge in [-0.15, -0.1) is 0 Å². The second kappa shape index (κ2) is 5.18. The quantitative estimate of drug-likeness (QED) is 0.853. The largest absolute Gasteiger partial charge is 0.424 e. The average Bonchev–Trinajstić information content (AvgIpc) is 2.31. The van der Waals surface area contributed by atoms with E-state index >= 15 is 0 Å². The highest BCUT2D eigenvalue weighted by Gasteiger charge is 2.09. The van der Waals surface area contributed by atoms with Gasteiger partial charge in [0.05, 0.1) is 0 Å². The molecule has 18 heavy (non-hydrogen) atoms. The first-order chi connectivity index (χ1) is 8.56. The molecule has 2 rings (SSSR count). The number of benzene rings is 1. The lowest BCUT2D eigenvalue weighted by Gasteiger charge is -2.11. The molecule has 2 aromatic rings. The van der Waals surface area contributed by atoms with E-state index in [0.717, 1.165) is 5.56 Å². The molecule has 0 radical (unpaired) electrons. The van der Waals surface area contributed by atoms with Gasteiger partial charge in [-0.2, -0.15) is 15.0 Å². The summed E-state index contributed by atoms with van der Waals surface area (Å²) in [6.45, 7) is 1.95. The molecule has 0 unspecified atom stereocenters.